The van der Waals surface area contributed by atoms with Crippen LogP contribution in [0.4, 0.5) is 11.4 Å². The lowest BCUT2D eigenvalue weighted by atomic mass is 9.78. The third-order valence-electron chi connectivity index (χ3n) is 6.37. The second kappa shape index (κ2) is 7.99. The maximum absolute atomic E-state index is 13.5. The molecule has 2 N–H and O–H groups in total. The van der Waals surface area contributed by atoms with E-state index in [4.69, 9.17) is 16.3 Å². The molecule has 0 saturated heterocycles. The molecule has 3 aromatic carbocycles. The summed E-state index contributed by atoms with van der Waals surface area (Å²) < 4.78 is 5.98. The molecule has 0 radical (unpaired) electrons. The minimum Gasteiger partial charge on any atom is -0.454 e. The van der Waals surface area contributed by atoms with Crippen molar-refractivity contribution in [3.05, 3.63) is 82.4 Å². The first-order chi connectivity index (χ1) is 15.4. The Morgan fingerprint density at radius 1 is 1.00 bits per heavy atom. The fourth-order valence-corrected chi connectivity index (χ4v) is 4.78. The van der Waals surface area contributed by atoms with E-state index < -0.39 is 5.41 Å². The normalized spacial score (nSPS) is 16.2. The molecule has 0 atom stereocenters. The van der Waals surface area contributed by atoms with Crippen molar-refractivity contribution in [2.75, 3.05) is 10.6 Å². The van der Waals surface area contributed by atoms with Crippen LogP contribution in [-0.2, 0) is 10.2 Å². The van der Waals surface area contributed by atoms with Crippen LogP contribution < -0.4 is 15.4 Å². The van der Waals surface area contributed by atoms with Crippen LogP contribution in [0, 0.1) is 6.92 Å². The number of carbonyl (C=O) groups excluding carboxylic acids is 2. The van der Waals surface area contributed by atoms with E-state index in [0.717, 1.165) is 36.8 Å². The fourth-order valence-electron chi connectivity index (χ4n) is 4.66. The molecule has 1 heterocycles. The highest BCUT2D eigenvalue weighted by Gasteiger charge is 2.42. The quantitative estimate of drug-likeness (QED) is 0.485. The van der Waals surface area contributed by atoms with E-state index in [1.807, 2.05) is 49.4 Å². The molecule has 0 spiro atoms. The highest BCUT2D eigenvalue weighted by molar-refractivity contribution is 6.30. The lowest BCUT2D eigenvalue weighted by molar-refractivity contribution is -0.121. The van der Waals surface area contributed by atoms with E-state index in [-0.39, 0.29) is 11.8 Å². The standard InChI is InChI=1S/C26H23ClN2O3/c1-16-4-10-23-21(14-16)29-24(30)20-15-19(9-11-22(20)32-23)28-25(31)26(12-2-3-13-26)17-5-7-18(27)8-6-17/h4-11,14-15H,2-3,12-13H2,1H3,(H,28,31)(H,29,30). The molecular formula is C26H23ClN2O3. The monoisotopic (exact) mass is 446 g/mol. The summed E-state index contributed by atoms with van der Waals surface area (Å²) in [7, 11) is 0. The first-order valence-corrected chi connectivity index (χ1v) is 11.1. The largest absolute Gasteiger partial charge is 0.454 e. The van der Waals surface area contributed by atoms with E-state index in [1.165, 1.54) is 0 Å². The van der Waals surface area contributed by atoms with Gasteiger partial charge in [0.2, 0.25) is 5.91 Å². The zero-order valence-electron chi connectivity index (χ0n) is 17.7. The average Bonchev–Trinajstić information content (AvgIpc) is 3.23. The summed E-state index contributed by atoms with van der Waals surface area (Å²) in [5, 5.41) is 6.60. The predicted octanol–water partition coefficient (Wildman–Crippen LogP) is 6.46. The number of aryl methyl sites for hydroxylation is 1. The summed E-state index contributed by atoms with van der Waals surface area (Å²) in [6, 6.07) is 18.3. The highest BCUT2D eigenvalue weighted by atomic mass is 35.5. The van der Waals surface area contributed by atoms with Crippen LogP contribution in [0.2, 0.25) is 5.02 Å². The number of hydrogen-bond donors (Lipinski definition) is 2. The molecule has 6 heteroatoms. The van der Waals surface area contributed by atoms with E-state index in [2.05, 4.69) is 10.6 Å². The number of nitrogens with one attached hydrogen (secondary N) is 2. The summed E-state index contributed by atoms with van der Waals surface area (Å²) in [4.78, 5) is 26.4. The van der Waals surface area contributed by atoms with Crippen molar-refractivity contribution >= 4 is 34.8 Å². The van der Waals surface area contributed by atoms with Gasteiger partial charge < -0.3 is 15.4 Å². The molecule has 5 rings (SSSR count). The van der Waals surface area contributed by atoms with E-state index in [0.29, 0.717) is 33.5 Å². The number of amides is 2. The van der Waals surface area contributed by atoms with Gasteiger partial charge in [0.05, 0.1) is 16.7 Å². The SMILES string of the molecule is Cc1ccc2c(c1)NC(=O)c1cc(NC(=O)C3(c4ccc(Cl)cc4)CCCC3)ccc1O2. The summed E-state index contributed by atoms with van der Waals surface area (Å²) in [5.41, 5.74) is 2.97. The molecule has 1 saturated carbocycles. The van der Waals surface area contributed by atoms with E-state index >= 15 is 0 Å². The van der Waals surface area contributed by atoms with Gasteiger partial charge in [-0.1, -0.05) is 42.6 Å². The number of benzene rings is 3. The lowest BCUT2D eigenvalue weighted by Crippen LogP contribution is -2.38. The average molecular weight is 447 g/mol. The number of rotatable bonds is 3. The summed E-state index contributed by atoms with van der Waals surface area (Å²) in [6.45, 7) is 1.96. The molecule has 3 aromatic rings. The number of ether oxygens (including phenoxy) is 1. The maximum Gasteiger partial charge on any atom is 0.259 e. The van der Waals surface area contributed by atoms with Gasteiger partial charge in [0.1, 0.15) is 5.75 Å². The Morgan fingerprint density at radius 3 is 2.47 bits per heavy atom. The molecule has 0 unspecified atom stereocenters. The number of anilines is 2. The molecule has 2 aliphatic rings. The molecule has 1 aliphatic carbocycles. The third-order valence-corrected chi connectivity index (χ3v) is 6.63. The zero-order chi connectivity index (χ0) is 22.3. The van der Waals surface area contributed by atoms with Gasteiger partial charge >= 0.3 is 0 Å². The van der Waals surface area contributed by atoms with Crippen molar-refractivity contribution in [3.63, 3.8) is 0 Å². The Bertz CT molecular complexity index is 1210. The van der Waals surface area contributed by atoms with Crippen molar-refractivity contribution in [3.8, 4) is 11.5 Å². The third kappa shape index (κ3) is 3.63. The van der Waals surface area contributed by atoms with Crippen molar-refractivity contribution in [2.45, 2.75) is 38.0 Å². The van der Waals surface area contributed by atoms with Gasteiger partial charge in [0.25, 0.3) is 5.91 Å². The molecule has 2 amide bonds. The smallest absolute Gasteiger partial charge is 0.259 e. The van der Waals surface area contributed by atoms with Gasteiger partial charge in [0.15, 0.2) is 5.75 Å². The number of halogens is 1. The minimum atomic E-state index is -0.593. The molecule has 1 aliphatic heterocycles. The van der Waals surface area contributed by atoms with Gasteiger partial charge in [-0.05, 0) is 73.4 Å². The van der Waals surface area contributed by atoms with Gasteiger partial charge in [0, 0.05) is 10.7 Å². The Labute approximate surface area is 191 Å². The molecule has 162 valence electrons. The summed E-state index contributed by atoms with van der Waals surface area (Å²) in [6.07, 6.45) is 3.55. The van der Waals surface area contributed by atoms with E-state index in [9.17, 15) is 9.59 Å². The fraction of sp³-hybridized carbons (Fsp3) is 0.231. The number of fused-ring (bicyclic) bond motifs is 2. The molecule has 5 nitrogen and oxygen atoms in total. The topological polar surface area (TPSA) is 67.4 Å². The van der Waals surface area contributed by atoms with E-state index in [1.54, 1.807) is 18.2 Å². The maximum atomic E-state index is 13.5. The molecule has 0 aromatic heterocycles. The van der Waals surface area contributed by atoms with Crippen LogP contribution in [0.5, 0.6) is 11.5 Å². The Morgan fingerprint density at radius 2 is 1.72 bits per heavy atom. The summed E-state index contributed by atoms with van der Waals surface area (Å²) in [5.74, 6) is 0.711. The second-order valence-corrected chi connectivity index (χ2v) is 8.95. The molecule has 0 bridgehead atoms. The summed E-state index contributed by atoms with van der Waals surface area (Å²) >= 11 is 6.06. The van der Waals surface area contributed by atoms with Gasteiger partial charge in [-0.15, -0.1) is 0 Å². The Balaban J connectivity index is 1.44. The van der Waals surface area contributed by atoms with Crippen LogP contribution >= 0.6 is 11.6 Å². The van der Waals surface area contributed by atoms with Crippen molar-refractivity contribution in [1.29, 1.82) is 0 Å². The predicted molar refractivity (Wildman–Crippen MR) is 126 cm³/mol. The second-order valence-electron chi connectivity index (χ2n) is 8.52. The van der Waals surface area contributed by atoms with Crippen molar-refractivity contribution in [1.82, 2.24) is 0 Å². The molecule has 32 heavy (non-hydrogen) atoms. The highest BCUT2D eigenvalue weighted by Crippen LogP contribution is 2.43. The van der Waals surface area contributed by atoms with Gasteiger partial charge in [-0.3, -0.25) is 9.59 Å². The molecular weight excluding hydrogens is 424 g/mol. The van der Waals surface area contributed by atoms with Crippen LogP contribution in [0.15, 0.2) is 60.7 Å². The lowest BCUT2D eigenvalue weighted by Gasteiger charge is -2.28. The molecule has 1 fully saturated rings. The van der Waals surface area contributed by atoms with Crippen LogP contribution in [0.25, 0.3) is 0 Å². The Hall–Kier alpha value is -3.31. The van der Waals surface area contributed by atoms with Crippen LogP contribution in [-0.4, -0.2) is 11.8 Å². The zero-order valence-corrected chi connectivity index (χ0v) is 18.5. The number of hydrogen-bond acceptors (Lipinski definition) is 3. The first-order valence-electron chi connectivity index (χ1n) is 10.8. The van der Waals surface area contributed by atoms with Crippen molar-refractivity contribution in [2.24, 2.45) is 0 Å². The van der Waals surface area contributed by atoms with Crippen molar-refractivity contribution < 1.29 is 14.3 Å². The Kier molecular flexibility index (Phi) is 5.14. The van der Waals surface area contributed by atoms with Gasteiger partial charge in [-0.2, -0.15) is 0 Å². The minimum absolute atomic E-state index is 0.0638. The van der Waals surface area contributed by atoms with Gasteiger partial charge in [-0.25, -0.2) is 0 Å². The first kappa shape index (κ1) is 20.6. The van der Waals surface area contributed by atoms with Crippen LogP contribution in [0.3, 0.4) is 0 Å². The number of carbonyl (C=O) groups is 2. The van der Waals surface area contributed by atoms with Crippen LogP contribution in [0.1, 0.15) is 47.2 Å².